The maximum absolute atomic E-state index is 8.25. The quantitative estimate of drug-likeness (QED) is 0.203. The van der Waals surface area contributed by atoms with Crippen LogP contribution in [0.1, 0.15) is 0 Å². The predicted octanol–water partition coefficient (Wildman–Crippen LogP) is -0.207. The molecule has 0 amide bonds. The molecule has 0 aromatic carbocycles. The van der Waals surface area contributed by atoms with Gasteiger partial charge in [-0.3, -0.25) is 0 Å². The largest absolute Gasteiger partial charge is 4.00 e. The Labute approximate surface area is 150 Å². The molecule has 26 heteroatoms. The van der Waals surface area contributed by atoms with Gasteiger partial charge in [-0.05, 0) is 0 Å². The smallest absolute Gasteiger partial charge is 0.444 e. The van der Waals surface area contributed by atoms with Crippen molar-refractivity contribution in [3.63, 3.8) is 0 Å². The van der Waals surface area contributed by atoms with E-state index in [1.54, 1.807) is 0 Å². The molecule has 0 fully saturated rings. The molecule has 0 atom stereocenters. The van der Waals surface area contributed by atoms with Crippen molar-refractivity contribution in [1.29, 1.82) is 0 Å². The zero-order valence-electron chi connectivity index (χ0n) is 10.8. The van der Waals surface area contributed by atoms with Gasteiger partial charge in [-0.15, -0.1) is 16.0 Å². The van der Waals surface area contributed by atoms with Crippen LogP contribution >= 0.6 is 0 Å². The molecule has 0 aliphatic rings. The van der Waals surface area contributed by atoms with Crippen molar-refractivity contribution in [1.82, 2.24) is 0 Å². The van der Waals surface area contributed by atoms with E-state index < -0.39 is 20.3 Å². The fourth-order valence-electron chi connectivity index (χ4n) is 0. The topological polar surface area (TPSA) is 422 Å². The molecule has 0 aromatic rings. The summed E-state index contributed by atoms with van der Waals surface area (Å²) in [6.07, 6.45) is 0. The first-order valence-electron chi connectivity index (χ1n) is 3.29. The van der Waals surface area contributed by atoms with E-state index in [4.69, 9.17) is 91.6 Å². The molecule has 156 valence electrons. The van der Waals surface area contributed by atoms with E-state index in [2.05, 4.69) is 0 Å². The van der Waals surface area contributed by atoms with Crippen LogP contribution in [0.3, 0.4) is 0 Å². The number of rotatable bonds is 0. The molecular formula is N7O18Pt-3. The normalized spacial score (nSPS) is 5.08. The summed E-state index contributed by atoms with van der Waals surface area (Å²) in [7, 11) is 0. The molecule has 0 N–H and O–H groups in total. The van der Waals surface area contributed by atoms with E-state index in [0.29, 0.717) is 0 Å². The molecule has 0 radical (unpaired) electrons. The first kappa shape index (κ1) is 49.5. The first-order valence-corrected chi connectivity index (χ1v) is 3.29. The fourth-order valence-corrected chi connectivity index (χ4v) is 0. The zero-order valence-corrected chi connectivity index (χ0v) is 13.1. The number of nitrogens with zero attached hydrogens (tertiary/aromatic N) is 7. The van der Waals surface area contributed by atoms with Gasteiger partial charge in [-0.1, -0.05) is 0 Å². The van der Waals surface area contributed by atoms with Gasteiger partial charge in [0.2, 0.25) is 0 Å². The molecule has 0 aliphatic carbocycles. The van der Waals surface area contributed by atoms with Crippen molar-refractivity contribution in [2.24, 2.45) is 16.0 Å². The molecule has 25 nitrogen and oxygen atoms in total. The summed E-state index contributed by atoms with van der Waals surface area (Å²) in [4.78, 5) is 57.0. The second-order valence-electron chi connectivity index (χ2n) is 1.12. The molecule has 0 bridgehead atoms. The summed E-state index contributed by atoms with van der Waals surface area (Å²) in [5.41, 5.74) is 0. The SMILES string of the molecule is O=N[O-].O=N[O-].O=N[O-].O=[N+]([O-])[O-].O=[N+]([O-])[O-].O=[N+]([O-])[O-].O=[N+]([O-])[O-].[Pt+4]. The average Bonchev–Trinajstić information content (AvgIpc) is 2.27. The van der Waals surface area contributed by atoms with Crippen molar-refractivity contribution in [2.45, 2.75) is 0 Å². The molecule has 0 unspecified atom stereocenters. The predicted molar refractivity (Wildman–Crippen MR) is 68.9 cm³/mol. The molecule has 0 spiro atoms. The second kappa shape index (κ2) is 70.2. The standard InChI is InChI=1S/4NO3.3HNO2.Pt/c4*2-1(3)4;3*2-1-3;/h;;;;3*(H,2,3);/q4*-1;;;;+4/p-3. The fraction of sp³-hybridized carbons (Fsp3) is 0. The molecule has 0 rings (SSSR count). The van der Waals surface area contributed by atoms with Gasteiger partial charge < -0.3 is 91.6 Å². The van der Waals surface area contributed by atoms with Crippen molar-refractivity contribution >= 4 is 0 Å². The summed E-state index contributed by atoms with van der Waals surface area (Å²) >= 11 is 0. The van der Waals surface area contributed by atoms with Crippen LogP contribution < -0.4 is 0 Å². The monoisotopic (exact) mass is 581 g/mol. The van der Waals surface area contributed by atoms with Gasteiger partial charge in [0.05, 0.1) is 20.3 Å². The summed E-state index contributed by atoms with van der Waals surface area (Å²) in [6.45, 7) is 0. The summed E-state index contributed by atoms with van der Waals surface area (Å²) in [5, 5.41) is 86.0. The molecule has 0 heterocycles. The molecule has 0 aromatic heterocycles. The van der Waals surface area contributed by atoms with E-state index in [-0.39, 0.29) is 21.1 Å². The molecule has 0 saturated carbocycles. The van der Waals surface area contributed by atoms with Crippen molar-refractivity contribution in [3.8, 4) is 0 Å². The van der Waals surface area contributed by atoms with Crippen LogP contribution in [0.25, 0.3) is 0 Å². The first-order chi connectivity index (χ1) is 11.2. The third kappa shape index (κ3) is 370. The Morgan fingerprint density at radius 3 is 0.423 bits per heavy atom. The van der Waals surface area contributed by atoms with Gasteiger partial charge >= 0.3 is 21.1 Å². The maximum atomic E-state index is 8.25. The minimum atomic E-state index is -1.75. The summed E-state index contributed by atoms with van der Waals surface area (Å²) < 4.78 is 0. The van der Waals surface area contributed by atoms with Gasteiger partial charge in [0, 0.05) is 0 Å². The number of hydrogen-bond donors (Lipinski definition) is 0. The third-order valence-electron chi connectivity index (χ3n) is 0. The van der Waals surface area contributed by atoms with E-state index in [1.807, 2.05) is 0 Å². The van der Waals surface area contributed by atoms with Crippen LogP contribution in [0.4, 0.5) is 0 Å². The Balaban J connectivity index is -0.0000000242. The Morgan fingerprint density at radius 1 is 0.423 bits per heavy atom. The van der Waals surface area contributed by atoms with Gasteiger partial charge in [0.15, 0.2) is 0 Å². The third-order valence-corrected chi connectivity index (χ3v) is 0. The molecule has 0 aliphatic heterocycles. The van der Waals surface area contributed by atoms with E-state index in [0.717, 1.165) is 16.0 Å². The van der Waals surface area contributed by atoms with Gasteiger partial charge in [-0.25, -0.2) is 0 Å². The number of hydrogen-bond acceptors (Lipinski definition) is 21. The van der Waals surface area contributed by atoms with Crippen LogP contribution in [-0.4, -0.2) is 20.3 Å². The Hall–Kier alpha value is -4.31. The van der Waals surface area contributed by atoms with E-state index in [9.17, 15) is 0 Å². The van der Waals surface area contributed by atoms with Gasteiger partial charge in [0.25, 0.3) is 0 Å². The molecule has 0 saturated heterocycles. The van der Waals surface area contributed by atoms with Crippen molar-refractivity contribution < 1.29 is 41.4 Å². The molecule has 26 heavy (non-hydrogen) atoms. The Kier molecular flexibility index (Phi) is 134. The van der Waals surface area contributed by atoms with Crippen molar-refractivity contribution in [3.05, 3.63) is 91.6 Å². The zero-order chi connectivity index (χ0) is 22.4. The maximum Gasteiger partial charge on any atom is 4.00 e. The average molecular weight is 581 g/mol. The second-order valence-corrected chi connectivity index (χ2v) is 1.12. The summed E-state index contributed by atoms with van der Waals surface area (Å²) in [6, 6.07) is 0. The van der Waals surface area contributed by atoms with E-state index in [1.165, 1.54) is 0 Å². The van der Waals surface area contributed by atoms with Gasteiger partial charge in [0.1, 0.15) is 0 Å². The van der Waals surface area contributed by atoms with Crippen molar-refractivity contribution in [2.75, 3.05) is 0 Å². The van der Waals surface area contributed by atoms with Crippen LogP contribution in [0.5, 0.6) is 0 Å². The minimum Gasteiger partial charge on any atom is -0.444 e. The Bertz CT molecular complexity index is 260. The van der Waals surface area contributed by atoms with Gasteiger partial charge in [-0.2, -0.15) is 0 Å². The van der Waals surface area contributed by atoms with Crippen LogP contribution in [0, 0.1) is 91.6 Å². The summed E-state index contributed by atoms with van der Waals surface area (Å²) in [5.74, 6) is 0. The Morgan fingerprint density at radius 2 is 0.423 bits per heavy atom. The van der Waals surface area contributed by atoms with Crippen LogP contribution in [-0.2, 0) is 21.1 Å². The van der Waals surface area contributed by atoms with E-state index >= 15 is 0 Å². The van der Waals surface area contributed by atoms with Crippen LogP contribution in [0.2, 0.25) is 0 Å². The molecular weight excluding hydrogens is 581 g/mol. The minimum absolute atomic E-state index is 0. The van der Waals surface area contributed by atoms with Crippen LogP contribution in [0.15, 0.2) is 16.0 Å².